The van der Waals surface area contributed by atoms with Crippen LogP contribution in [0.25, 0.3) is 0 Å². The molecule has 1 aliphatic heterocycles. The van der Waals surface area contributed by atoms with Crippen molar-refractivity contribution in [3.63, 3.8) is 0 Å². The van der Waals surface area contributed by atoms with Crippen molar-refractivity contribution >= 4 is 17.8 Å². The molecule has 6 nitrogen and oxygen atoms in total. The molecule has 1 heterocycles. The van der Waals surface area contributed by atoms with Crippen LogP contribution in [0.2, 0.25) is 0 Å². The van der Waals surface area contributed by atoms with E-state index in [9.17, 15) is 9.18 Å². The van der Waals surface area contributed by atoms with Gasteiger partial charge in [0.1, 0.15) is 5.75 Å². The average Bonchev–Trinajstić information content (AvgIpc) is 3.13. The number of hydrogen-bond donors (Lipinski definition) is 1. The second kappa shape index (κ2) is 10.6. The van der Waals surface area contributed by atoms with Crippen LogP contribution < -0.4 is 19.8 Å². The number of ether oxygens (including phenoxy) is 2. The Morgan fingerprint density at radius 1 is 1.08 bits per heavy atom. The molecule has 0 spiro atoms. The zero-order chi connectivity index (χ0) is 25.7. The minimum atomic E-state index is -0.504. The van der Waals surface area contributed by atoms with E-state index in [0.717, 1.165) is 34.8 Å². The first-order valence-corrected chi connectivity index (χ1v) is 11.8. The van der Waals surface area contributed by atoms with Crippen LogP contribution in [-0.2, 0) is 11.8 Å². The predicted octanol–water partition coefficient (Wildman–Crippen LogP) is 5.48. The van der Waals surface area contributed by atoms with Crippen LogP contribution in [0.5, 0.6) is 11.5 Å². The van der Waals surface area contributed by atoms with Gasteiger partial charge in [-0.15, -0.1) is 0 Å². The third-order valence-electron chi connectivity index (χ3n) is 6.54. The van der Waals surface area contributed by atoms with Gasteiger partial charge in [-0.1, -0.05) is 24.3 Å². The van der Waals surface area contributed by atoms with Crippen LogP contribution >= 0.6 is 0 Å². The summed E-state index contributed by atoms with van der Waals surface area (Å²) in [5, 5.41) is 4.16. The lowest BCUT2D eigenvalue weighted by atomic mass is 9.76. The summed E-state index contributed by atoms with van der Waals surface area (Å²) in [6.07, 6.45) is 4.04. The molecule has 3 aromatic carbocycles. The van der Waals surface area contributed by atoms with Gasteiger partial charge < -0.3 is 14.4 Å². The monoisotopic (exact) mass is 487 g/mol. The van der Waals surface area contributed by atoms with Crippen molar-refractivity contribution in [2.45, 2.75) is 25.7 Å². The molecular formula is C29H30FN3O3. The van der Waals surface area contributed by atoms with E-state index in [1.807, 2.05) is 36.4 Å². The van der Waals surface area contributed by atoms with Gasteiger partial charge in [-0.2, -0.15) is 5.10 Å². The summed E-state index contributed by atoms with van der Waals surface area (Å²) >= 11 is 0. The molecule has 0 fully saturated rings. The highest BCUT2D eigenvalue weighted by molar-refractivity contribution is 5.94. The number of fused-ring (bicyclic) bond motifs is 1. The van der Waals surface area contributed by atoms with Crippen molar-refractivity contribution in [3.8, 4) is 11.5 Å². The number of nitrogens with one attached hydrogen (secondary N) is 1. The second-order valence-corrected chi connectivity index (χ2v) is 8.74. The zero-order valence-electron chi connectivity index (χ0n) is 20.9. The topological polar surface area (TPSA) is 63.2 Å². The average molecular weight is 488 g/mol. The number of rotatable bonds is 8. The van der Waals surface area contributed by atoms with Crippen molar-refractivity contribution in [1.82, 2.24) is 5.43 Å². The fourth-order valence-corrected chi connectivity index (χ4v) is 4.77. The van der Waals surface area contributed by atoms with Crippen molar-refractivity contribution in [3.05, 3.63) is 101 Å². The SMILES string of the molecule is CCN1/C(=C\C=N\NC(=O)c2ccccc2)C(C)(Cc2ccc(OC)c(F)c2)c2cc(OC)ccc21. The first-order chi connectivity index (χ1) is 17.4. The number of hydrogen-bond acceptors (Lipinski definition) is 5. The Morgan fingerprint density at radius 2 is 1.86 bits per heavy atom. The molecule has 7 heteroatoms. The number of amides is 1. The molecule has 0 saturated heterocycles. The fraction of sp³-hybridized carbons (Fsp3) is 0.241. The van der Waals surface area contributed by atoms with Gasteiger partial charge in [0, 0.05) is 35.1 Å². The molecular weight excluding hydrogens is 457 g/mol. The Balaban J connectivity index is 1.70. The Labute approximate surface area is 211 Å². The summed E-state index contributed by atoms with van der Waals surface area (Å²) in [7, 11) is 3.10. The normalized spacial score (nSPS) is 17.9. The summed E-state index contributed by atoms with van der Waals surface area (Å²) in [4.78, 5) is 14.6. The Hall–Kier alpha value is -4.13. The molecule has 0 aliphatic carbocycles. The van der Waals surface area contributed by atoms with E-state index in [1.54, 1.807) is 43.7 Å². The lowest BCUT2D eigenvalue weighted by Gasteiger charge is -2.30. The van der Waals surface area contributed by atoms with Gasteiger partial charge in [0.15, 0.2) is 11.6 Å². The zero-order valence-corrected chi connectivity index (χ0v) is 20.9. The summed E-state index contributed by atoms with van der Waals surface area (Å²) in [6, 6.07) is 20.0. The molecule has 186 valence electrons. The van der Waals surface area contributed by atoms with E-state index in [-0.39, 0.29) is 11.7 Å². The van der Waals surface area contributed by atoms with E-state index < -0.39 is 11.2 Å². The van der Waals surface area contributed by atoms with Crippen LogP contribution in [0.15, 0.2) is 83.6 Å². The number of carbonyl (C=O) groups is 1. The highest BCUT2D eigenvalue weighted by atomic mass is 19.1. The van der Waals surface area contributed by atoms with Gasteiger partial charge in [0.2, 0.25) is 0 Å². The van der Waals surface area contributed by atoms with E-state index in [1.165, 1.54) is 13.2 Å². The molecule has 1 amide bonds. The van der Waals surface area contributed by atoms with Gasteiger partial charge in [0.05, 0.1) is 14.2 Å². The van der Waals surface area contributed by atoms with Gasteiger partial charge in [-0.25, -0.2) is 9.82 Å². The number of likely N-dealkylation sites (N-methyl/N-ethyl adjacent to an activating group) is 1. The number of hydrazone groups is 1. The smallest absolute Gasteiger partial charge is 0.271 e. The maximum atomic E-state index is 14.5. The maximum Gasteiger partial charge on any atom is 0.271 e. The highest BCUT2D eigenvalue weighted by Gasteiger charge is 2.43. The standard InChI is InChI=1S/C29H30FN3O3/c1-5-33-25-13-12-22(35-3)18-23(25)29(2,19-20-11-14-26(36-4)24(30)17-20)27(33)15-16-31-32-28(34)21-9-7-6-8-10-21/h6-18H,5,19H2,1-4H3,(H,32,34)/b27-15-,31-16+. The Kier molecular flexibility index (Phi) is 7.38. The number of anilines is 1. The van der Waals surface area contributed by atoms with Crippen LogP contribution in [0.1, 0.15) is 35.3 Å². The second-order valence-electron chi connectivity index (χ2n) is 8.74. The van der Waals surface area contributed by atoms with Crippen LogP contribution in [0.4, 0.5) is 10.1 Å². The van der Waals surface area contributed by atoms with E-state index in [2.05, 4.69) is 29.3 Å². The lowest BCUT2D eigenvalue weighted by Crippen LogP contribution is -2.31. The summed E-state index contributed by atoms with van der Waals surface area (Å²) < 4.78 is 25.1. The number of halogens is 1. The van der Waals surface area contributed by atoms with Crippen molar-refractivity contribution < 1.29 is 18.7 Å². The summed E-state index contributed by atoms with van der Waals surface area (Å²) in [5.41, 5.74) is 6.56. The number of nitrogens with zero attached hydrogens (tertiary/aromatic N) is 2. The minimum absolute atomic E-state index is 0.213. The predicted molar refractivity (Wildman–Crippen MR) is 141 cm³/mol. The van der Waals surface area contributed by atoms with Gasteiger partial charge >= 0.3 is 0 Å². The molecule has 0 bridgehead atoms. The molecule has 1 N–H and O–H groups in total. The summed E-state index contributed by atoms with van der Waals surface area (Å²) in [6.45, 7) is 4.93. The highest BCUT2D eigenvalue weighted by Crippen LogP contribution is 2.50. The number of methoxy groups -OCH3 is 2. The van der Waals surface area contributed by atoms with Crippen molar-refractivity contribution in [2.24, 2.45) is 5.10 Å². The van der Waals surface area contributed by atoms with Crippen LogP contribution in [0, 0.1) is 5.82 Å². The minimum Gasteiger partial charge on any atom is -0.497 e. The van der Waals surface area contributed by atoms with Crippen molar-refractivity contribution in [1.29, 1.82) is 0 Å². The van der Waals surface area contributed by atoms with Crippen molar-refractivity contribution in [2.75, 3.05) is 25.7 Å². The first-order valence-electron chi connectivity index (χ1n) is 11.8. The Morgan fingerprint density at radius 3 is 2.53 bits per heavy atom. The molecule has 3 aromatic rings. The molecule has 0 saturated carbocycles. The molecule has 0 aromatic heterocycles. The van der Waals surface area contributed by atoms with Crippen LogP contribution in [-0.4, -0.2) is 32.9 Å². The molecule has 36 heavy (non-hydrogen) atoms. The number of benzene rings is 3. The van der Waals surface area contributed by atoms with Gasteiger partial charge in [-0.05, 0) is 79.9 Å². The fourth-order valence-electron chi connectivity index (χ4n) is 4.77. The molecule has 1 atom stereocenters. The third-order valence-corrected chi connectivity index (χ3v) is 6.54. The maximum absolute atomic E-state index is 14.5. The first kappa shape index (κ1) is 25.0. The van der Waals surface area contributed by atoms with Crippen LogP contribution in [0.3, 0.4) is 0 Å². The Bertz CT molecular complexity index is 1310. The largest absolute Gasteiger partial charge is 0.497 e. The number of allylic oxidation sites excluding steroid dienone is 2. The molecule has 1 aliphatic rings. The molecule has 1 unspecified atom stereocenters. The van der Waals surface area contributed by atoms with Gasteiger partial charge in [-0.3, -0.25) is 4.79 Å². The molecule has 0 radical (unpaired) electrons. The third kappa shape index (κ3) is 4.82. The quantitative estimate of drug-likeness (QED) is 0.338. The number of carbonyl (C=O) groups excluding carboxylic acids is 1. The van der Waals surface area contributed by atoms with Gasteiger partial charge in [0.25, 0.3) is 5.91 Å². The van der Waals surface area contributed by atoms with E-state index in [0.29, 0.717) is 12.0 Å². The van der Waals surface area contributed by atoms with E-state index in [4.69, 9.17) is 9.47 Å². The molecule has 4 rings (SSSR count). The van der Waals surface area contributed by atoms with E-state index >= 15 is 0 Å². The summed E-state index contributed by atoms with van der Waals surface area (Å²) in [5.74, 6) is 0.283. The lowest BCUT2D eigenvalue weighted by molar-refractivity contribution is 0.0955.